The molecule has 20 heavy (non-hydrogen) atoms. The van der Waals surface area contributed by atoms with Crippen molar-refractivity contribution in [2.24, 2.45) is 5.92 Å². The van der Waals surface area contributed by atoms with Gasteiger partial charge in [-0.3, -0.25) is 0 Å². The van der Waals surface area contributed by atoms with Crippen LogP contribution in [0.4, 0.5) is 0 Å². The van der Waals surface area contributed by atoms with Crippen LogP contribution in [0.15, 0.2) is 18.2 Å². The summed E-state index contributed by atoms with van der Waals surface area (Å²) in [7, 11) is 0. The summed E-state index contributed by atoms with van der Waals surface area (Å²) in [6.07, 6.45) is 1.03. The van der Waals surface area contributed by atoms with Crippen LogP contribution < -0.4 is 10.1 Å². The van der Waals surface area contributed by atoms with Gasteiger partial charge in [0.25, 0.3) is 0 Å². The van der Waals surface area contributed by atoms with Gasteiger partial charge in [0, 0.05) is 23.7 Å². The highest BCUT2D eigenvalue weighted by Crippen LogP contribution is 2.26. The molecule has 1 rings (SSSR count). The Morgan fingerprint density at radius 3 is 2.70 bits per heavy atom. The van der Waals surface area contributed by atoms with Crippen LogP contribution in [0.1, 0.15) is 32.8 Å². The first-order valence-corrected chi connectivity index (χ1v) is 7.71. The summed E-state index contributed by atoms with van der Waals surface area (Å²) in [4.78, 5) is 0. The van der Waals surface area contributed by atoms with Crippen LogP contribution >= 0.6 is 11.6 Å². The maximum Gasteiger partial charge on any atom is 0.125 e. The molecule has 0 amide bonds. The quantitative estimate of drug-likeness (QED) is 0.665. The fourth-order valence-electron chi connectivity index (χ4n) is 1.79. The van der Waals surface area contributed by atoms with E-state index in [1.54, 1.807) is 0 Å². The lowest BCUT2D eigenvalue weighted by Gasteiger charge is -2.14. The fraction of sp³-hybridized carbons (Fsp3) is 0.625. The summed E-state index contributed by atoms with van der Waals surface area (Å²) < 4.78 is 11.2. The molecule has 0 saturated carbocycles. The van der Waals surface area contributed by atoms with E-state index in [2.05, 4.69) is 26.1 Å². The molecule has 114 valence electrons. The lowest BCUT2D eigenvalue weighted by Crippen LogP contribution is -2.20. The third-order valence-corrected chi connectivity index (χ3v) is 3.12. The third kappa shape index (κ3) is 6.60. The molecule has 1 aromatic carbocycles. The first-order valence-electron chi connectivity index (χ1n) is 7.33. The minimum Gasteiger partial charge on any atom is -0.491 e. The smallest absolute Gasteiger partial charge is 0.125 e. The van der Waals surface area contributed by atoms with Crippen molar-refractivity contribution in [2.45, 2.75) is 33.7 Å². The van der Waals surface area contributed by atoms with E-state index in [1.165, 1.54) is 0 Å². The Morgan fingerprint density at radius 2 is 2.00 bits per heavy atom. The fourth-order valence-corrected chi connectivity index (χ4v) is 2.02. The topological polar surface area (TPSA) is 30.5 Å². The second-order valence-corrected chi connectivity index (χ2v) is 5.61. The minimum absolute atomic E-state index is 0.553. The second kappa shape index (κ2) is 10.0. The van der Waals surface area contributed by atoms with E-state index in [1.807, 2.05) is 18.2 Å². The number of nitrogens with one attached hydrogen (secondary N) is 1. The van der Waals surface area contributed by atoms with Gasteiger partial charge in [0.2, 0.25) is 0 Å². The summed E-state index contributed by atoms with van der Waals surface area (Å²) in [5.41, 5.74) is 1.02. The van der Waals surface area contributed by atoms with Gasteiger partial charge in [0.1, 0.15) is 12.4 Å². The Balaban J connectivity index is 2.49. The summed E-state index contributed by atoms with van der Waals surface area (Å²) in [6.45, 7) is 10.1. The molecule has 0 aromatic heterocycles. The van der Waals surface area contributed by atoms with E-state index in [0.29, 0.717) is 19.1 Å². The van der Waals surface area contributed by atoms with Crippen molar-refractivity contribution in [3.63, 3.8) is 0 Å². The van der Waals surface area contributed by atoms with Gasteiger partial charge in [-0.05, 0) is 31.0 Å². The van der Waals surface area contributed by atoms with Crippen molar-refractivity contribution in [3.05, 3.63) is 28.8 Å². The van der Waals surface area contributed by atoms with Crippen LogP contribution in [0.5, 0.6) is 5.75 Å². The molecule has 0 spiro atoms. The number of rotatable bonds is 10. The first-order chi connectivity index (χ1) is 9.65. The summed E-state index contributed by atoms with van der Waals surface area (Å²) in [5, 5.41) is 4.14. The molecule has 3 nitrogen and oxygen atoms in total. The normalized spacial score (nSPS) is 11.1. The number of hydrogen-bond acceptors (Lipinski definition) is 3. The predicted molar refractivity (Wildman–Crippen MR) is 84.6 cm³/mol. The van der Waals surface area contributed by atoms with Gasteiger partial charge in [-0.2, -0.15) is 0 Å². The largest absolute Gasteiger partial charge is 0.491 e. The molecule has 0 radical (unpaired) electrons. The van der Waals surface area contributed by atoms with E-state index in [0.717, 1.165) is 42.5 Å². The number of halogens is 1. The Bertz CT molecular complexity index is 383. The van der Waals surface area contributed by atoms with Crippen LogP contribution in [-0.2, 0) is 11.3 Å². The predicted octanol–water partition coefficient (Wildman–Crippen LogP) is 3.89. The van der Waals surface area contributed by atoms with Gasteiger partial charge in [-0.15, -0.1) is 0 Å². The van der Waals surface area contributed by atoms with E-state index >= 15 is 0 Å². The van der Waals surface area contributed by atoms with E-state index < -0.39 is 0 Å². The summed E-state index contributed by atoms with van der Waals surface area (Å²) in [5.74, 6) is 1.46. The van der Waals surface area contributed by atoms with Crippen molar-refractivity contribution < 1.29 is 9.47 Å². The Kier molecular flexibility index (Phi) is 8.67. The highest BCUT2D eigenvalue weighted by molar-refractivity contribution is 6.31. The molecule has 1 aromatic rings. The van der Waals surface area contributed by atoms with Gasteiger partial charge < -0.3 is 14.8 Å². The second-order valence-electron chi connectivity index (χ2n) is 5.20. The summed E-state index contributed by atoms with van der Waals surface area (Å²) >= 11 is 6.26. The van der Waals surface area contributed by atoms with Crippen LogP contribution in [-0.4, -0.2) is 26.4 Å². The molecular weight excluding hydrogens is 274 g/mol. The van der Waals surface area contributed by atoms with E-state index in [-0.39, 0.29) is 0 Å². The van der Waals surface area contributed by atoms with Gasteiger partial charge in [0.15, 0.2) is 0 Å². The standard InChI is InChI=1S/C16H26ClNO2/c1-4-8-19-9-10-20-16-7-5-6-15(17)14(16)12-18-11-13(2)3/h5-7,13,18H,4,8-12H2,1-3H3. The molecule has 4 heteroatoms. The van der Waals surface area contributed by atoms with Crippen molar-refractivity contribution in [1.29, 1.82) is 0 Å². The zero-order chi connectivity index (χ0) is 14.8. The van der Waals surface area contributed by atoms with Gasteiger partial charge in [-0.25, -0.2) is 0 Å². The van der Waals surface area contributed by atoms with Crippen LogP contribution in [0.3, 0.4) is 0 Å². The van der Waals surface area contributed by atoms with Gasteiger partial charge in [0.05, 0.1) is 6.61 Å². The Labute approximate surface area is 127 Å². The molecule has 0 saturated heterocycles. The minimum atomic E-state index is 0.553. The maximum atomic E-state index is 6.26. The van der Waals surface area contributed by atoms with Crippen molar-refractivity contribution in [1.82, 2.24) is 5.32 Å². The first kappa shape index (κ1) is 17.3. The van der Waals surface area contributed by atoms with E-state index in [4.69, 9.17) is 21.1 Å². The molecule has 1 N–H and O–H groups in total. The molecule has 0 fully saturated rings. The van der Waals surface area contributed by atoms with Gasteiger partial charge >= 0.3 is 0 Å². The Hall–Kier alpha value is -0.770. The van der Waals surface area contributed by atoms with Crippen LogP contribution in [0.2, 0.25) is 5.02 Å². The third-order valence-electron chi connectivity index (χ3n) is 2.76. The number of ether oxygens (including phenoxy) is 2. The lowest BCUT2D eigenvalue weighted by atomic mass is 10.1. The molecule has 0 aliphatic heterocycles. The monoisotopic (exact) mass is 299 g/mol. The average Bonchev–Trinajstić information content (AvgIpc) is 2.41. The molecule has 0 bridgehead atoms. The zero-order valence-electron chi connectivity index (χ0n) is 12.7. The van der Waals surface area contributed by atoms with E-state index in [9.17, 15) is 0 Å². The van der Waals surface area contributed by atoms with Gasteiger partial charge in [-0.1, -0.05) is 38.4 Å². The van der Waals surface area contributed by atoms with Crippen molar-refractivity contribution in [2.75, 3.05) is 26.4 Å². The molecule has 0 aliphatic rings. The highest BCUT2D eigenvalue weighted by atomic mass is 35.5. The molecule has 0 atom stereocenters. The summed E-state index contributed by atoms with van der Waals surface area (Å²) in [6, 6.07) is 5.77. The average molecular weight is 300 g/mol. The number of hydrogen-bond donors (Lipinski definition) is 1. The maximum absolute atomic E-state index is 6.26. The van der Waals surface area contributed by atoms with Crippen molar-refractivity contribution >= 4 is 11.6 Å². The number of benzene rings is 1. The Morgan fingerprint density at radius 1 is 1.20 bits per heavy atom. The van der Waals surface area contributed by atoms with Crippen molar-refractivity contribution in [3.8, 4) is 5.75 Å². The zero-order valence-corrected chi connectivity index (χ0v) is 13.5. The highest BCUT2D eigenvalue weighted by Gasteiger charge is 2.08. The van der Waals surface area contributed by atoms with Crippen LogP contribution in [0, 0.1) is 5.92 Å². The SMILES string of the molecule is CCCOCCOc1cccc(Cl)c1CNCC(C)C. The molecule has 0 heterocycles. The lowest BCUT2D eigenvalue weighted by molar-refractivity contribution is 0.100. The van der Waals surface area contributed by atoms with Crippen LogP contribution in [0.25, 0.3) is 0 Å². The molecular formula is C16H26ClNO2. The molecule has 0 unspecified atom stereocenters. The molecule has 0 aliphatic carbocycles.